The molecule has 0 unspecified atom stereocenters. The third-order valence-electron chi connectivity index (χ3n) is 3.84. The first-order valence-electron chi connectivity index (χ1n) is 8.05. The van der Waals surface area contributed by atoms with Gasteiger partial charge in [-0.25, -0.2) is 9.99 Å². The summed E-state index contributed by atoms with van der Waals surface area (Å²) in [6.07, 6.45) is 5.26. The minimum atomic E-state index is 0.755. The van der Waals surface area contributed by atoms with Gasteiger partial charge in [0.1, 0.15) is 0 Å². The minimum Gasteiger partial charge on any atom is -0.255 e. The lowest BCUT2D eigenvalue weighted by Gasteiger charge is -2.18. The second kappa shape index (κ2) is 6.93. The number of hydrogen-bond donors (Lipinski definition) is 0. The van der Waals surface area contributed by atoms with Gasteiger partial charge in [-0.2, -0.15) is 5.10 Å². The molecule has 4 aromatic rings. The Bertz CT molecular complexity index is 998. The predicted molar refractivity (Wildman–Crippen MR) is 102 cm³/mol. The third-order valence-corrected chi connectivity index (χ3v) is 3.84. The first kappa shape index (κ1) is 15.0. The zero-order valence-electron chi connectivity index (χ0n) is 13.5. The number of hydrazone groups is 1. The molecule has 0 N–H and O–H groups in total. The zero-order chi connectivity index (χ0) is 16.9. The maximum absolute atomic E-state index is 4.62. The van der Waals surface area contributed by atoms with E-state index in [0.29, 0.717) is 0 Å². The van der Waals surface area contributed by atoms with E-state index < -0.39 is 0 Å². The summed E-state index contributed by atoms with van der Waals surface area (Å²) in [5, 5.41) is 8.80. The lowest BCUT2D eigenvalue weighted by molar-refractivity contribution is 1.04. The molecule has 120 valence electrons. The number of aromatic nitrogens is 2. The van der Waals surface area contributed by atoms with E-state index in [-0.39, 0.29) is 0 Å². The molecule has 4 nitrogen and oxygen atoms in total. The van der Waals surface area contributed by atoms with Gasteiger partial charge in [0.25, 0.3) is 0 Å². The van der Waals surface area contributed by atoms with Crippen molar-refractivity contribution in [1.29, 1.82) is 0 Å². The summed E-state index contributed by atoms with van der Waals surface area (Å²) in [6.45, 7) is 0. The van der Waals surface area contributed by atoms with Crippen LogP contribution in [-0.2, 0) is 0 Å². The fraction of sp³-hybridized carbons (Fsp3) is 0. The van der Waals surface area contributed by atoms with E-state index in [2.05, 4.69) is 39.3 Å². The van der Waals surface area contributed by atoms with Gasteiger partial charge in [0, 0.05) is 12.4 Å². The molecule has 4 rings (SSSR count). The van der Waals surface area contributed by atoms with Gasteiger partial charge in [-0.3, -0.25) is 4.98 Å². The number of anilines is 2. The van der Waals surface area contributed by atoms with Crippen molar-refractivity contribution in [3.8, 4) is 0 Å². The molecule has 2 aromatic carbocycles. The fourth-order valence-corrected chi connectivity index (χ4v) is 2.61. The molecule has 2 aromatic heterocycles. The Morgan fingerprint density at radius 3 is 2.24 bits per heavy atom. The average molecular weight is 324 g/mol. The first-order valence-corrected chi connectivity index (χ1v) is 8.05. The summed E-state index contributed by atoms with van der Waals surface area (Å²) in [6, 6.07) is 26.0. The van der Waals surface area contributed by atoms with Gasteiger partial charge in [0.2, 0.25) is 0 Å². The van der Waals surface area contributed by atoms with E-state index in [1.807, 2.05) is 59.6 Å². The van der Waals surface area contributed by atoms with Crippen molar-refractivity contribution in [3.63, 3.8) is 0 Å². The SMILES string of the molecule is C(=N\N(c1ccc2ccccc2c1)c1ccccn1)/c1ccccn1. The molecule has 0 spiro atoms. The summed E-state index contributed by atoms with van der Waals surface area (Å²) < 4.78 is 0. The number of benzene rings is 2. The molecule has 0 saturated heterocycles. The quantitative estimate of drug-likeness (QED) is 0.400. The molecule has 0 amide bonds. The van der Waals surface area contributed by atoms with Gasteiger partial charge >= 0.3 is 0 Å². The highest BCUT2D eigenvalue weighted by Crippen LogP contribution is 2.27. The van der Waals surface area contributed by atoms with Crippen LogP contribution in [0.4, 0.5) is 11.5 Å². The van der Waals surface area contributed by atoms with Crippen LogP contribution in [0.1, 0.15) is 5.69 Å². The Hall–Kier alpha value is -3.53. The van der Waals surface area contributed by atoms with Crippen molar-refractivity contribution in [2.75, 3.05) is 5.01 Å². The van der Waals surface area contributed by atoms with Crippen molar-refractivity contribution in [3.05, 3.63) is 97.0 Å². The lowest BCUT2D eigenvalue weighted by atomic mass is 10.1. The van der Waals surface area contributed by atoms with Crippen LogP contribution in [0, 0.1) is 0 Å². The molecule has 25 heavy (non-hydrogen) atoms. The molecule has 0 fully saturated rings. The molecule has 0 aliphatic heterocycles. The largest absolute Gasteiger partial charge is 0.255 e. The Morgan fingerprint density at radius 1 is 0.720 bits per heavy atom. The monoisotopic (exact) mass is 324 g/mol. The smallest absolute Gasteiger partial charge is 0.153 e. The summed E-state index contributed by atoms with van der Waals surface area (Å²) >= 11 is 0. The van der Waals surface area contributed by atoms with Crippen molar-refractivity contribution in [2.24, 2.45) is 5.10 Å². The molecule has 2 heterocycles. The highest BCUT2D eigenvalue weighted by atomic mass is 15.5. The van der Waals surface area contributed by atoms with Crippen molar-refractivity contribution in [2.45, 2.75) is 0 Å². The van der Waals surface area contributed by atoms with Gasteiger partial charge < -0.3 is 0 Å². The Balaban J connectivity index is 1.77. The number of nitrogens with zero attached hydrogens (tertiary/aromatic N) is 4. The summed E-state index contributed by atoms with van der Waals surface area (Å²) in [5.41, 5.74) is 1.74. The van der Waals surface area contributed by atoms with Crippen LogP contribution in [0.15, 0.2) is 96.4 Å². The van der Waals surface area contributed by atoms with Crippen molar-refractivity contribution < 1.29 is 0 Å². The number of pyridine rings is 2. The maximum Gasteiger partial charge on any atom is 0.153 e. The third kappa shape index (κ3) is 3.38. The Kier molecular flexibility index (Phi) is 4.16. The standard InChI is InChI=1S/C21H16N4/c1-2-8-18-15-20(12-11-17(18)7-1)25(21-10-4-6-14-23-21)24-16-19-9-3-5-13-22-19/h1-16H/b24-16+. The van der Waals surface area contributed by atoms with Crippen LogP contribution >= 0.6 is 0 Å². The van der Waals surface area contributed by atoms with Crippen LogP contribution in [0.3, 0.4) is 0 Å². The van der Waals surface area contributed by atoms with Gasteiger partial charge in [0.15, 0.2) is 5.82 Å². The van der Waals surface area contributed by atoms with Crippen LogP contribution in [-0.4, -0.2) is 16.2 Å². The van der Waals surface area contributed by atoms with E-state index >= 15 is 0 Å². The molecule has 0 radical (unpaired) electrons. The molecule has 0 saturated carbocycles. The van der Waals surface area contributed by atoms with Crippen molar-refractivity contribution in [1.82, 2.24) is 9.97 Å². The first-order chi connectivity index (χ1) is 12.4. The van der Waals surface area contributed by atoms with Gasteiger partial charge in [0.05, 0.1) is 17.6 Å². The highest BCUT2D eigenvalue weighted by Gasteiger charge is 2.09. The van der Waals surface area contributed by atoms with E-state index in [4.69, 9.17) is 0 Å². The summed E-state index contributed by atoms with van der Waals surface area (Å²) in [5.74, 6) is 0.755. The second-order valence-corrected chi connectivity index (χ2v) is 5.53. The van der Waals surface area contributed by atoms with E-state index in [1.54, 1.807) is 18.6 Å². The molecule has 0 bridgehead atoms. The topological polar surface area (TPSA) is 41.4 Å². The Morgan fingerprint density at radius 2 is 1.48 bits per heavy atom. The van der Waals surface area contributed by atoms with Gasteiger partial charge in [-0.05, 0) is 47.2 Å². The zero-order valence-corrected chi connectivity index (χ0v) is 13.5. The normalized spacial score (nSPS) is 11.0. The van der Waals surface area contributed by atoms with Crippen LogP contribution in [0.5, 0.6) is 0 Å². The molecule has 0 aliphatic rings. The molecule has 0 aliphatic carbocycles. The fourth-order valence-electron chi connectivity index (χ4n) is 2.61. The van der Waals surface area contributed by atoms with E-state index in [9.17, 15) is 0 Å². The van der Waals surface area contributed by atoms with Crippen LogP contribution in [0.25, 0.3) is 10.8 Å². The number of hydrogen-bond acceptors (Lipinski definition) is 4. The van der Waals surface area contributed by atoms with E-state index in [1.165, 1.54) is 5.39 Å². The van der Waals surface area contributed by atoms with Crippen LogP contribution in [0.2, 0.25) is 0 Å². The van der Waals surface area contributed by atoms with Crippen molar-refractivity contribution >= 4 is 28.5 Å². The van der Waals surface area contributed by atoms with Gasteiger partial charge in [-0.15, -0.1) is 0 Å². The predicted octanol–water partition coefficient (Wildman–Crippen LogP) is 4.80. The molecule has 0 atom stereocenters. The number of fused-ring (bicyclic) bond motifs is 1. The van der Waals surface area contributed by atoms with Gasteiger partial charge in [-0.1, -0.05) is 42.5 Å². The number of rotatable bonds is 4. The lowest BCUT2D eigenvalue weighted by Crippen LogP contribution is -2.11. The molecular formula is C21H16N4. The maximum atomic E-state index is 4.62. The minimum absolute atomic E-state index is 0.755. The van der Waals surface area contributed by atoms with E-state index in [0.717, 1.165) is 22.6 Å². The average Bonchev–Trinajstić information content (AvgIpc) is 2.70. The molecular weight excluding hydrogens is 308 g/mol. The summed E-state index contributed by atoms with van der Waals surface area (Å²) in [7, 11) is 0. The van der Waals surface area contributed by atoms with Crippen LogP contribution < -0.4 is 5.01 Å². The second-order valence-electron chi connectivity index (χ2n) is 5.53. The molecule has 4 heteroatoms. The summed E-state index contributed by atoms with van der Waals surface area (Å²) in [4.78, 5) is 8.73. The highest BCUT2D eigenvalue weighted by molar-refractivity contribution is 5.87. The Labute approximate surface area is 146 Å².